The van der Waals surface area contributed by atoms with Crippen molar-refractivity contribution in [3.8, 4) is 0 Å². The second-order valence-corrected chi connectivity index (χ2v) is 14.6. The average molecular weight is 848 g/mol. The predicted octanol–water partition coefficient (Wildman–Crippen LogP) is 6.84. The van der Waals surface area contributed by atoms with Gasteiger partial charge in [0, 0.05) is 88.9 Å². The number of nitrogens with one attached hydrogen (secondary N) is 1. The highest BCUT2D eigenvalue weighted by atomic mass is 79.9. The van der Waals surface area contributed by atoms with Crippen LogP contribution in [-0.2, 0) is 13.1 Å². The zero-order valence-corrected chi connectivity index (χ0v) is 31.6. The lowest BCUT2D eigenvalue weighted by Crippen LogP contribution is -2.20. The van der Waals surface area contributed by atoms with Gasteiger partial charge in [-0.2, -0.15) is 0 Å². The van der Waals surface area contributed by atoms with E-state index in [-0.39, 0.29) is 35.3 Å². The summed E-state index contributed by atoms with van der Waals surface area (Å²) in [4.78, 5) is 41.5. The highest BCUT2D eigenvalue weighted by Gasteiger charge is 2.33. The molecule has 7 rings (SSSR count). The summed E-state index contributed by atoms with van der Waals surface area (Å²) in [5, 5.41) is 22.8. The topological polar surface area (TPSA) is 148 Å². The first-order valence-corrected chi connectivity index (χ1v) is 18.3. The Morgan fingerprint density at radius 1 is 0.808 bits per heavy atom. The molecule has 1 aliphatic carbocycles. The monoisotopic (exact) mass is 845 g/mol. The summed E-state index contributed by atoms with van der Waals surface area (Å²) >= 11 is 12.9. The largest absolute Gasteiger partial charge is 0.396 e. The van der Waals surface area contributed by atoms with Gasteiger partial charge >= 0.3 is 0 Å². The van der Waals surface area contributed by atoms with Crippen molar-refractivity contribution < 1.29 is 19.8 Å². The molecule has 3 N–H and O–H groups in total. The number of hydrogen-bond donors (Lipinski definition) is 3. The number of benzene rings is 2. The van der Waals surface area contributed by atoms with Gasteiger partial charge in [0.1, 0.15) is 23.6 Å². The van der Waals surface area contributed by atoms with E-state index in [4.69, 9.17) is 11.6 Å². The van der Waals surface area contributed by atoms with E-state index in [1.54, 1.807) is 18.3 Å². The number of halogens is 3. The number of hydrogen-bond acceptors (Lipinski definition) is 9. The minimum atomic E-state index is -0.555. The molecule has 52 heavy (non-hydrogen) atoms. The van der Waals surface area contributed by atoms with Crippen LogP contribution >= 0.6 is 43.5 Å². The lowest BCUT2D eigenvalue weighted by Gasteiger charge is -2.15. The third-order valence-corrected chi connectivity index (χ3v) is 9.92. The third kappa shape index (κ3) is 9.46. The molecule has 0 unspecified atom stereocenters. The molecule has 14 heteroatoms. The van der Waals surface area contributed by atoms with Crippen LogP contribution in [0.2, 0.25) is 5.15 Å². The van der Waals surface area contributed by atoms with Crippen LogP contribution in [0.1, 0.15) is 55.8 Å². The zero-order chi connectivity index (χ0) is 36.6. The van der Waals surface area contributed by atoms with Crippen LogP contribution in [-0.4, -0.2) is 69.6 Å². The molecule has 0 spiro atoms. The van der Waals surface area contributed by atoms with Crippen molar-refractivity contribution in [1.29, 1.82) is 0 Å². The Morgan fingerprint density at radius 2 is 1.37 bits per heavy atom. The minimum Gasteiger partial charge on any atom is -0.396 e. The number of nitrogens with zero attached hydrogens (tertiary/aromatic N) is 6. The van der Waals surface area contributed by atoms with Gasteiger partial charge in [0.05, 0.1) is 17.2 Å². The van der Waals surface area contributed by atoms with Gasteiger partial charge in [-0.25, -0.2) is 19.9 Å². The van der Waals surface area contributed by atoms with E-state index in [9.17, 15) is 19.8 Å². The lowest BCUT2D eigenvalue weighted by atomic mass is 10.1. The fraction of sp³-hybridized carbons (Fsp3) is 0.211. The number of aromatic nitrogens is 6. The number of ketones is 2. The molecule has 3 atom stereocenters. The van der Waals surface area contributed by atoms with E-state index in [0.717, 1.165) is 20.1 Å². The molecular weight excluding hydrogens is 814 g/mol. The number of aliphatic hydroxyl groups is 2. The quantitative estimate of drug-likeness (QED) is 0.0943. The Hall–Kier alpha value is -4.53. The molecule has 6 aromatic rings. The molecular formula is C38H34Br2ClN7O4. The molecule has 11 nitrogen and oxygen atoms in total. The summed E-state index contributed by atoms with van der Waals surface area (Å²) in [6.45, 7) is 1.29. The molecule has 1 saturated carbocycles. The molecule has 2 aromatic carbocycles. The molecule has 1 fully saturated rings. The number of rotatable bonds is 11. The van der Waals surface area contributed by atoms with Crippen molar-refractivity contribution in [1.82, 2.24) is 29.1 Å². The molecule has 0 bridgehead atoms. The van der Waals surface area contributed by atoms with Gasteiger partial charge in [-0.05, 0) is 60.4 Å². The van der Waals surface area contributed by atoms with Crippen LogP contribution in [0.3, 0.4) is 0 Å². The zero-order valence-electron chi connectivity index (χ0n) is 27.7. The van der Waals surface area contributed by atoms with Crippen LogP contribution in [0.25, 0.3) is 0 Å². The second kappa shape index (κ2) is 17.3. The number of aliphatic hydroxyl groups excluding tert-OH is 2. The van der Waals surface area contributed by atoms with Gasteiger partial charge in [0.25, 0.3) is 0 Å². The minimum absolute atomic E-state index is 0.0551. The third-order valence-electron chi connectivity index (χ3n) is 8.63. The highest BCUT2D eigenvalue weighted by molar-refractivity contribution is 9.10. The Labute approximate surface area is 322 Å². The van der Waals surface area contributed by atoms with E-state index in [1.165, 1.54) is 25.0 Å². The fourth-order valence-corrected chi connectivity index (χ4v) is 7.11. The highest BCUT2D eigenvalue weighted by Crippen LogP contribution is 2.29. The van der Waals surface area contributed by atoms with Crippen LogP contribution in [0.15, 0.2) is 119 Å². The van der Waals surface area contributed by atoms with Crippen LogP contribution in [0.4, 0.5) is 5.82 Å². The van der Waals surface area contributed by atoms with Gasteiger partial charge < -0.3 is 24.7 Å². The number of carbonyl (C=O) groups is 2. The molecule has 0 amide bonds. The van der Waals surface area contributed by atoms with Gasteiger partial charge in [-0.1, -0.05) is 67.7 Å². The maximum atomic E-state index is 13.1. The Kier molecular flexibility index (Phi) is 12.4. The molecule has 0 radical (unpaired) electrons. The Bertz CT molecular complexity index is 2170. The maximum Gasteiger partial charge on any atom is 0.199 e. The fourth-order valence-electron chi connectivity index (χ4n) is 6.04. The molecule has 4 heterocycles. The summed E-state index contributed by atoms with van der Waals surface area (Å²) in [5.41, 5.74) is 4.09. The average Bonchev–Trinajstić information content (AvgIpc) is 3.89. The van der Waals surface area contributed by atoms with Crippen molar-refractivity contribution in [3.05, 3.63) is 158 Å². The normalized spacial score (nSPS) is 16.6. The molecule has 0 saturated heterocycles. The summed E-state index contributed by atoms with van der Waals surface area (Å²) in [7, 11) is 0. The lowest BCUT2D eigenvalue weighted by molar-refractivity contribution is 0.0908. The standard InChI is InChI=1S/C22H23BrN4O3.C16H11BrClN3O/c23-17-3-1-2-14(6-17)10-27-5-4-15(11-27)21(30)19-9-24-13-25-22(19)26-18-7-16(12-28)20(29)8-18;17-13-3-1-2-11(6-13)8-21-5-4-12(9-21)15(22)14-7-19-10-20-16(14)18/h1-6,9,11,13,16,18,20,28-29H,7-8,10,12H2,(H,24,25,26);1-7,9-10H,8H2/t16-,18+,20-;/m0./s1. The van der Waals surface area contributed by atoms with Crippen molar-refractivity contribution in [2.75, 3.05) is 11.9 Å². The SMILES string of the molecule is O=C(c1ccn(Cc2cccc(Br)c2)c1)c1cncnc1Cl.O=C(c1ccn(Cc2cccc(Br)c2)c1)c1cncnc1N[C@@H]1C[C@@H](CO)[C@@H](O)C1. The Balaban J connectivity index is 0.000000187. The molecule has 266 valence electrons. The smallest absolute Gasteiger partial charge is 0.199 e. The second-order valence-electron chi connectivity index (χ2n) is 12.4. The molecule has 4 aromatic heterocycles. The van der Waals surface area contributed by atoms with Gasteiger partial charge in [0.2, 0.25) is 0 Å². The number of anilines is 1. The van der Waals surface area contributed by atoms with E-state index in [2.05, 4.69) is 57.1 Å². The first-order chi connectivity index (χ1) is 25.2. The maximum absolute atomic E-state index is 13.1. The van der Waals surface area contributed by atoms with Gasteiger partial charge in [0.15, 0.2) is 11.6 Å². The van der Waals surface area contributed by atoms with E-state index < -0.39 is 6.10 Å². The molecule has 1 aliphatic rings. The van der Waals surface area contributed by atoms with Crippen molar-refractivity contribution >= 4 is 60.8 Å². The van der Waals surface area contributed by atoms with Crippen LogP contribution < -0.4 is 5.32 Å². The Morgan fingerprint density at radius 3 is 1.90 bits per heavy atom. The van der Waals surface area contributed by atoms with Crippen molar-refractivity contribution in [2.24, 2.45) is 5.92 Å². The first kappa shape index (κ1) is 37.2. The summed E-state index contributed by atoms with van der Waals surface area (Å²) in [5.74, 6) is -0.0528. The summed E-state index contributed by atoms with van der Waals surface area (Å²) in [6, 6.07) is 19.6. The predicted molar refractivity (Wildman–Crippen MR) is 205 cm³/mol. The summed E-state index contributed by atoms with van der Waals surface area (Å²) < 4.78 is 5.96. The van der Waals surface area contributed by atoms with Crippen LogP contribution in [0, 0.1) is 5.92 Å². The summed E-state index contributed by atoms with van der Waals surface area (Å²) in [6.07, 6.45) is 13.6. The number of carbonyl (C=O) groups excluding carboxylic acids is 2. The van der Waals surface area contributed by atoms with E-state index in [0.29, 0.717) is 54.0 Å². The van der Waals surface area contributed by atoms with Crippen molar-refractivity contribution in [3.63, 3.8) is 0 Å². The van der Waals surface area contributed by atoms with E-state index in [1.807, 2.05) is 76.3 Å². The van der Waals surface area contributed by atoms with Gasteiger partial charge in [-0.3, -0.25) is 9.59 Å². The van der Waals surface area contributed by atoms with Crippen LogP contribution in [0.5, 0.6) is 0 Å². The van der Waals surface area contributed by atoms with E-state index >= 15 is 0 Å². The van der Waals surface area contributed by atoms with Gasteiger partial charge in [-0.15, -0.1) is 0 Å². The van der Waals surface area contributed by atoms with Crippen molar-refractivity contribution in [2.45, 2.75) is 38.1 Å². The first-order valence-electron chi connectivity index (χ1n) is 16.4. The molecule has 0 aliphatic heterocycles.